The van der Waals surface area contributed by atoms with Crippen LogP contribution < -0.4 is 4.72 Å². The number of nitrogens with one attached hydrogen (secondary N) is 1. The summed E-state index contributed by atoms with van der Waals surface area (Å²) in [6, 6.07) is 1.37. The lowest BCUT2D eigenvalue weighted by atomic mass is 10.1. The van der Waals surface area contributed by atoms with Gasteiger partial charge < -0.3 is 5.11 Å². The molecule has 21 heavy (non-hydrogen) atoms. The van der Waals surface area contributed by atoms with Crippen LogP contribution in [0.1, 0.15) is 19.3 Å². The van der Waals surface area contributed by atoms with E-state index in [-0.39, 0.29) is 17.6 Å². The summed E-state index contributed by atoms with van der Waals surface area (Å²) in [5, 5.41) is 9.25. The first kappa shape index (κ1) is 16.6. The molecule has 0 saturated carbocycles. The number of benzene rings is 1. The first-order chi connectivity index (χ1) is 9.85. The summed E-state index contributed by atoms with van der Waals surface area (Å²) < 4.78 is 55.1. The standard InChI is InChI=1S/C12H15BrF2N2O3S/c13-8-5-10(14)12(11(15)6-8)16-21(19,20)17-4-2-1-3-9(17)7-18/h5-6,9,16,18H,1-4,7H2. The Labute approximate surface area is 130 Å². The van der Waals surface area contributed by atoms with Gasteiger partial charge in [0.25, 0.3) is 0 Å². The number of hydrogen-bond donors (Lipinski definition) is 2. The minimum Gasteiger partial charge on any atom is -0.395 e. The molecule has 1 aliphatic heterocycles. The van der Waals surface area contributed by atoms with E-state index in [1.54, 1.807) is 0 Å². The molecule has 1 aliphatic rings. The van der Waals surface area contributed by atoms with Crippen LogP contribution in [0.5, 0.6) is 0 Å². The van der Waals surface area contributed by atoms with Crippen LogP contribution in [0.4, 0.5) is 14.5 Å². The van der Waals surface area contributed by atoms with Gasteiger partial charge in [-0.2, -0.15) is 12.7 Å². The number of aliphatic hydroxyl groups is 1. The summed E-state index contributed by atoms with van der Waals surface area (Å²) in [5.41, 5.74) is -0.722. The first-order valence-electron chi connectivity index (χ1n) is 6.40. The van der Waals surface area contributed by atoms with E-state index in [2.05, 4.69) is 15.9 Å². The van der Waals surface area contributed by atoms with Crippen molar-refractivity contribution in [1.82, 2.24) is 4.31 Å². The van der Waals surface area contributed by atoms with E-state index in [1.165, 1.54) is 0 Å². The molecule has 1 fully saturated rings. The smallest absolute Gasteiger partial charge is 0.302 e. The van der Waals surface area contributed by atoms with Gasteiger partial charge in [-0.15, -0.1) is 0 Å². The molecule has 0 spiro atoms. The highest BCUT2D eigenvalue weighted by molar-refractivity contribution is 9.10. The first-order valence-corrected chi connectivity index (χ1v) is 8.63. The zero-order valence-electron chi connectivity index (χ0n) is 11.0. The Morgan fingerprint density at radius 1 is 1.33 bits per heavy atom. The van der Waals surface area contributed by atoms with Crippen molar-refractivity contribution in [2.24, 2.45) is 0 Å². The van der Waals surface area contributed by atoms with Gasteiger partial charge in [-0.1, -0.05) is 22.4 Å². The van der Waals surface area contributed by atoms with E-state index < -0.39 is 33.6 Å². The van der Waals surface area contributed by atoms with E-state index in [4.69, 9.17) is 0 Å². The summed E-state index contributed by atoms with van der Waals surface area (Å²) in [6.45, 7) is -0.119. The molecular formula is C12H15BrF2N2O3S. The van der Waals surface area contributed by atoms with E-state index in [0.717, 1.165) is 22.9 Å². The summed E-state index contributed by atoms with van der Waals surface area (Å²) in [7, 11) is -4.13. The van der Waals surface area contributed by atoms with Crippen LogP contribution in [-0.4, -0.2) is 37.0 Å². The quantitative estimate of drug-likeness (QED) is 0.835. The Hall–Kier alpha value is -0.770. The lowest BCUT2D eigenvalue weighted by Gasteiger charge is -2.33. The molecule has 2 N–H and O–H groups in total. The zero-order chi connectivity index (χ0) is 15.6. The topological polar surface area (TPSA) is 69.6 Å². The lowest BCUT2D eigenvalue weighted by Crippen LogP contribution is -2.48. The lowest BCUT2D eigenvalue weighted by molar-refractivity contribution is 0.155. The second-order valence-electron chi connectivity index (χ2n) is 4.79. The van der Waals surface area contributed by atoms with Crippen molar-refractivity contribution in [3.05, 3.63) is 28.2 Å². The minimum absolute atomic E-state index is 0.173. The largest absolute Gasteiger partial charge is 0.395 e. The molecule has 0 bridgehead atoms. The molecule has 1 atom stereocenters. The minimum atomic E-state index is -4.13. The van der Waals surface area contributed by atoms with Crippen molar-refractivity contribution in [3.63, 3.8) is 0 Å². The Balaban J connectivity index is 2.29. The molecule has 1 saturated heterocycles. The third-order valence-electron chi connectivity index (χ3n) is 3.33. The third kappa shape index (κ3) is 3.71. The number of rotatable bonds is 4. The Kier molecular flexibility index (Phi) is 5.18. The predicted octanol–water partition coefficient (Wildman–Crippen LogP) is 2.23. The summed E-state index contributed by atoms with van der Waals surface area (Å²) >= 11 is 2.92. The van der Waals surface area contributed by atoms with Gasteiger partial charge in [-0.25, -0.2) is 8.78 Å². The number of hydrogen-bond acceptors (Lipinski definition) is 3. The van der Waals surface area contributed by atoms with Gasteiger partial charge in [0.1, 0.15) is 5.69 Å². The van der Waals surface area contributed by atoms with Gasteiger partial charge in [-0.05, 0) is 25.0 Å². The fraction of sp³-hybridized carbons (Fsp3) is 0.500. The van der Waals surface area contributed by atoms with E-state index in [9.17, 15) is 22.3 Å². The van der Waals surface area contributed by atoms with Crippen LogP contribution in [0.25, 0.3) is 0 Å². The average molecular weight is 385 g/mol. The van der Waals surface area contributed by atoms with Crippen LogP contribution in [0.3, 0.4) is 0 Å². The Morgan fingerprint density at radius 3 is 2.52 bits per heavy atom. The maximum absolute atomic E-state index is 13.7. The second kappa shape index (κ2) is 6.55. The average Bonchev–Trinajstić information content (AvgIpc) is 2.43. The zero-order valence-corrected chi connectivity index (χ0v) is 13.4. The van der Waals surface area contributed by atoms with Gasteiger partial charge in [0.2, 0.25) is 0 Å². The van der Waals surface area contributed by atoms with Gasteiger partial charge >= 0.3 is 10.2 Å². The number of nitrogens with zero attached hydrogens (tertiary/aromatic N) is 1. The van der Waals surface area contributed by atoms with Crippen molar-refractivity contribution in [2.45, 2.75) is 25.3 Å². The predicted molar refractivity (Wildman–Crippen MR) is 78.0 cm³/mol. The number of anilines is 1. The molecular weight excluding hydrogens is 370 g/mol. The SMILES string of the molecule is O=S(=O)(Nc1c(F)cc(Br)cc1F)N1CCCCC1CO. The molecule has 1 aromatic carbocycles. The third-order valence-corrected chi connectivity index (χ3v) is 5.35. The maximum Gasteiger partial charge on any atom is 0.302 e. The summed E-state index contributed by atoms with van der Waals surface area (Å²) in [5.74, 6) is -2.02. The summed E-state index contributed by atoms with van der Waals surface area (Å²) in [6.07, 6.45) is 1.96. The number of aliphatic hydroxyl groups excluding tert-OH is 1. The molecule has 118 valence electrons. The fourth-order valence-corrected chi connectivity index (χ4v) is 4.21. The van der Waals surface area contributed by atoms with Gasteiger partial charge in [0.05, 0.1) is 6.61 Å². The molecule has 0 aromatic heterocycles. The van der Waals surface area contributed by atoms with Crippen molar-refractivity contribution in [2.75, 3.05) is 17.9 Å². The highest BCUT2D eigenvalue weighted by Gasteiger charge is 2.33. The van der Waals surface area contributed by atoms with E-state index in [0.29, 0.717) is 12.8 Å². The molecule has 2 rings (SSSR count). The van der Waals surface area contributed by atoms with Crippen molar-refractivity contribution >= 4 is 31.8 Å². The van der Waals surface area contributed by atoms with Crippen LogP contribution in [0.2, 0.25) is 0 Å². The molecule has 1 aromatic rings. The number of piperidine rings is 1. The highest BCUT2D eigenvalue weighted by Crippen LogP contribution is 2.27. The molecule has 1 heterocycles. The molecule has 5 nitrogen and oxygen atoms in total. The fourth-order valence-electron chi connectivity index (χ4n) is 2.30. The molecule has 9 heteroatoms. The van der Waals surface area contributed by atoms with E-state index in [1.807, 2.05) is 4.72 Å². The van der Waals surface area contributed by atoms with Crippen LogP contribution in [0, 0.1) is 11.6 Å². The van der Waals surface area contributed by atoms with E-state index >= 15 is 0 Å². The molecule has 0 amide bonds. The van der Waals surface area contributed by atoms with Crippen LogP contribution in [0.15, 0.2) is 16.6 Å². The van der Waals surface area contributed by atoms with Crippen molar-refractivity contribution in [3.8, 4) is 0 Å². The van der Waals surface area contributed by atoms with Crippen LogP contribution >= 0.6 is 15.9 Å². The van der Waals surface area contributed by atoms with Gasteiger partial charge in [-0.3, -0.25) is 4.72 Å². The van der Waals surface area contributed by atoms with Gasteiger partial charge in [0, 0.05) is 17.1 Å². The highest BCUT2D eigenvalue weighted by atomic mass is 79.9. The molecule has 0 aliphatic carbocycles. The second-order valence-corrected chi connectivity index (χ2v) is 7.33. The number of halogens is 3. The van der Waals surface area contributed by atoms with Crippen molar-refractivity contribution in [1.29, 1.82) is 0 Å². The monoisotopic (exact) mass is 384 g/mol. The van der Waals surface area contributed by atoms with Crippen molar-refractivity contribution < 1.29 is 22.3 Å². The van der Waals surface area contributed by atoms with Crippen LogP contribution in [-0.2, 0) is 10.2 Å². The Morgan fingerprint density at radius 2 is 1.95 bits per heavy atom. The Bertz CT molecular complexity index is 604. The summed E-state index contributed by atoms with van der Waals surface area (Å²) in [4.78, 5) is 0. The van der Waals surface area contributed by atoms with Gasteiger partial charge in [0.15, 0.2) is 11.6 Å². The maximum atomic E-state index is 13.7. The molecule has 1 unspecified atom stereocenters. The normalized spacial score (nSPS) is 20.5. The molecule has 0 radical (unpaired) electrons.